The molecule has 6 heteroatoms. The molecular formula is C13H18F2N2O2. The molecule has 0 heterocycles. The second-order valence-corrected chi connectivity index (χ2v) is 4.66. The fraction of sp³-hybridized carbons (Fsp3) is 0.462. The smallest absolute Gasteiger partial charge is 0.317 e. The lowest BCUT2D eigenvalue weighted by Crippen LogP contribution is -2.35. The van der Waals surface area contributed by atoms with Crippen molar-refractivity contribution in [3.63, 3.8) is 0 Å². The summed E-state index contributed by atoms with van der Waals surface area (Å²) in [6, 6.07) is 3.61. The van der Waals surface area contributed by atoms with Crippen LogP contribution < -0.4 is 0 Å². The van der Waals surface area contributed by atoms with Crippen molar-refractivity contribution >= 4 is 5.97 Å². The molecule has 4 nitrogen and oxygen atoms in total. The number of carboxylic acid groups (broad SMARTS) is 1. The van der Waals surface area contributed by atoms with Crippen molar-refractivity contribution in [1.82, 2.24) is 9.80 Å². The molecule has 0 radical (unpaired) electrons. The van der Waals surface area contributed by atoms with Crippen LogP contribution in [-0.2, 0) is 11.3 Å². The maximum absolute atomic E-state index is 13.1. The third kappa shape index (κ3) is 5.76. The predicted octanol–water partition coefficient (Wildman–Crippen LogP) is 1.41. The molecule has 0 aromatic heterocycles. The van der Waals surface area contributed by atoms with Gasteiger partial charge in [0.25, 0.3) is 0 Å². The third-order valence-corrected chi connectivity index (χ3v) is 2.61. The van der Waals surface area contributed by atoms with Crippen LogP contribution in [-0.4, -0.2) is 54.6 Å². The number of rotatable bonds is 7. The van der Waals surface area contributed by atoms with Crippen molar-refractivity contribution in [2.45, 2.75) is 6.54 Å². The number of aliphatic carboxylic acids is 1. The van der Waals surface area contributed by atoms with E-state index in [2.05, 4.69) is 0 Å². The van der Waals surface area contributed by atoms with E-state index in [1.807, 2.05) is 19.0 Å². The molecular weight excluding hydrogens is 254 g/mol. The van der Waals surface area contributed by atoms with Crippen molar-refractivity contribution in [2.75, 3.05) is 33.7 Å². The number of nitrogens with zero attached hydrogens (tertiary/aromatic N) is 2. The van der Waals surface area contributed by atoms with Crippen molar-refractivity contribution in [3.05, 3.63) is 35.4 Å². The first-order valence-electron chi connectivity index (χ1n) is 5.91. The van der Waals surface area contributed by atoms with Crippen LogP contribution in [0, 0.1) is 11.6 Å². The summed E-state index contributed by atoms with van der Waals surface area (Å²) < 4.78 is 25.9. The van der Waals surface area contributed by atoms with E-state index in [1.54, 1.807) is 4.90 Å². The number of hydrogen-bond donors (Lipinski definition) is 1. The Morgan fingerprint density at radius 2 is 1.89 bits per heavy atom. The van der Waals surface area contributed by atoms with Crippen molar-refractivity contribution in [2.24, 2.45) is 0 Å². The minimum absolute atomic E-state index is 0.132. The summed E-state index contributed by atoms with van der Waals surface area (Å²) in [6.45, 7) is 1.37. The maximum atomic E-state index is 13.1. The van der Waals surface area contributed by atoms with Gasteiger partial charge in [-0.3, -0.25) is 9.69 Å². The SMILES string of the molecule is CN(C)CCN(CC(=O)O)Cc1ccc(F)c(F)c1. The second kappa shape index (κ2) is 7.16. The molecule has 106 valence electrons. The van der Waals surface area contributed by atoms with Crippen LogP contribution >= 0.6 is 0 Å². The quantitative estimate of drug-likeness (QED) is 0.815. The number of halogens is 2. The van der Waals surface area contributed by atoms with Gasteiger partial charge in [0.05, 0.1) is 6.54 Å². The summed E-state index contributed by atoms with van der Waals surface area (Å²) in [5, 5.41) is 8.84. The lowest BCUT2D eigenvalue weighted by molar-refractivity contribution is -0.138. The van der Waals surface area contributed by atoms with Gasteiger partial charge in [0, 0.05) is 19.6 Å². The second-order valence-electron chi connectivity index (χ2n) is 4.66. The van der Waals surface area contributed by atoms with E-state index in [4.69, 9.17) is 5.11 Å². The lowest BCUT2D eigenvalue weighted by Gasteiger charge is -2.22. The Bertz CT molecular complexity index is 439. The fourth-order valence-electron chi connectivity index (χ4n) is 1.64. The van der Waals surface area contributed by atoms with E-state index in [1.165, 1.54) is 6.07 Å². The summed E-state index contributed by atoms with van der Waals surface area (Å²) in [6.07, 6.45) is 0. The Kier molecular flexibility index (Phi) is 5.85. The average Bonchev–Trinajstić information content (AvgIpc) is 2.30. The number of benzene rings is 1. The highest BCUT2D eigenvalue weighted by atomic mass is 19.2. The van der Waals surface area contributed by atoms with Gasteiger partial charge in [-0.2, -0.15) is 0 Å². The molecule has 19 heavy (non-hydrogen) atoms. The fourth-order valence-corrected chi connectivity index (χ4v) is 1.64. The first kappa shape index (κ1) is 15.5. The Balaban J connectivity index is 2.69. The number of carboxylic acids is 1. The van der Waals surface area contributed by atoms with Gasteiger partial charge >= 0.3 is 5.97 Å². The van der Waals surface area contributed by atoms with Crippen LogP contribution in [0.5, 0.6) is 0 Å². The first-order chi connectivity index (χ1) is 8.88. The molecule has 0 atom stereocenters. The molecule has 0 aliphatic rings. The molecule has 0 saturated carbocycles. The van der Waals surface area contributed by atoms with Gasteiger partial charge in [-0.05, 0) is 31.8 Å². The number of hydrogen-bond acceptors (Lipinski definition) is 3. The number of carbonyl (C=O) groups is 1. The minimum atomic E-state index is -0.943. The molecule has 0 saturated heterocycles. The van der Waals surface area contributed by atoms with Crippen molar-refractivity contribution < 1.29 is 18.7 Å². The van der Waals surface area contributed by atoms with Gasteiger partial charge in [0.15, 0.2) is 11.6 Å². The normalized spacial score (nSPS) is 11.3. The lowest BCUT2D eigenvalue weighted by atomic mass is 10.2. The summed E-state index contributed by atoms with van der Waals surface area (Å²) >= 11 is 0. The van der Waals surface area contributed by atoms with E-state index in [-0.39, 0.29) is 13.1 Å². The van der Waals surface area contributed by atoms with Crippen LogP contribution in [0.15, 0.2) is 18.2 Å². The molecule has 1 aromatic rings. The highest BCUT2D eigenvalue weighted by molar-refractivity contribution is 5.69. The molecule has 0 spiro atoms. The van der Waals surface area contributed by atoms with E-state index in [9.17, 15) is 13.6 Å². The van der Waals surface area contributed by atoms with Gasteiger partial charge < -0.3 is 10.0 Å². The van der Waals surface area contributed by atoms with Gasteiger partial charge in [-0.15, -0.1) is 0 Å². The Labute approximate surface area is 111 Å². The monoisotopic (exact) mass is 272 g/mol. The highest BCUT2D eigenvalue weighted by Gasteiger charge is 2.12. The molecule has 0 unspecified atom stereocenters. The van der Waals surface area contributed by atoms with Gasteiger partial charge in [-0.1, -0.05) is 6.07 Å². The number of likely N-dealkylation sites (N-methyl/N-ethyl adjacent to an activating group) is 1. The van der Waals surface area contributed by atoms with Crippen molar-refractivity contribution in [1.29, 1.82) is 0 Å². The van der Waals surface area contributed by atoms with E-state index < -0.39 is 17.6 Å². The molecule has 0 amide bonds. The van der Waals surface area contributed by atoms with E-state index >= 15 is 0 Å². The molecule has 0 bridgehead atoms. The Morgan fingerprint density at radius 3 is 2.42 bits per heavy atom. The maximum Gasteiger partial charge on any atom is 0.317 e. The average molecular weight is 272 g/mol. The highest BCUT2D eigenvalue weighted by Crippen LogP contribution is 2.11. The molecule has 0 aliphatic heterocycles. The predicted molar refractivity (Wildman–Crippen MR) is 67.8 cm³/mol. The van der Waals surface area contributed by atoms with Crippen LogP contribution in [0.3, 0.4) is 0 Å². The summed E-state index contributed by atoms with van der Waals surface area (Å²) in [7, 11) is 3.77. The molecule has 0 fully saturated rings. The van der Waals surface area contributed by atoms with E-state index in [0.29, 0.717) is 18.7 Å². The molecule has 0 aliphatic carbocycles. The zero-order valence-electron chi connectivity index (χ0n) is 11.1. The first-order valence-corrected chi connectivity index (χ1v) is 5.91. The molecule has 1 N–H and O–H groups in total. The summed E-state index contributed by atoms with van der Waals surface area (Å²) in [5.74, 6) is -2.76. The summed E-state index contributed by atoms with van der Waals surface area (Å²) in [5.41, 5.74) is 0.555. The van der Waals surface area contributed by atoms with E-state index in [0.717, 1.165) is 12.1 Å². The van der Waals surface area contributed by atoms with Gasteiger partial charge in [0.2, 0.25) is 0 Å². The standard InChI is InChI=1S/C13H18F2N2O2/c1-16(2)5-6-17(9-13(18)19)8-10-3-4-11(14)12(15)7-10/h3-4,7H,5-6,8-9H2,1-2H3,(H,18,19). The Hall–Kier alpha value is -1.53. The Morgan fingerprint density at radius 1 is 1.21 bits per heavy atom. The topological polar surface area (TPSA) is 43.8 Å². The van der Waals surface area contributed by atoms with Crippen LogP contribution in [0.25, 0.3) is 0 Å². The minimum Gasteiger partial charge on any atom is -0.480 e. The zero-order chi connectivity index (χ0) is 14.4. The summed E-state index contributed by atoms with van der Waals surface area (Å²) in [4.78, 5) is 14.4. The largest absolute Gasteiger partial charge is 0.480 e. The van der Waals surface area contributed by atoms with Crippen LogP contribution in [0.2, 0.25) is 0 Å². The van der Waals surface area contributed by atoms with Gasteiger partial charge in [0.1, 0.15) is 0 Å². The van der Waals surface area contributed by atoms with Crippen LogP contribution in [0.4, 0.5) is 8.78 Å². The van der Waals surface area contributed by atoms with Crippen LogP contribution in [0.1, 0.15) is 5.56 Å². The van der Waals surface area contributed by atoms with Crippen molar-refractivity contribution in [3.8, 4) is 0 Å². The third-order valence-electron chi connectivity index (χ3n) is 2.61. The molecule has 1 aromatic carbocycles. The molecule has 1 rings (SSSR count). The van der Waals surface area contributed by atoms with Gasteiger partial charge in [-0.25, -0.2) is 8.78 Å². The zero-order valence-corrected chi connectivity index (χ0v) is 11.1.